The molecule has 1 saturated heterocycles. The molecule has 242 valence electrons. The number of methoxy groups -OCH3 is 1. The van der Waals surface area contributed by atoms with Gasteiger partial charge in [-0.05, 0) is 92.5 Å². The topological polar surface area (TPSA) is 88.5 Å². The van der Waals surface area contributed by atoms with Gasteiger partial charge < -0.3 is 15.0 Å². The van der Waals surface area contributed by atoms with Crippen molar-refractivity contribution < 1.29 is 14.3 Å². The number of nitrogens with zero attached hydrogens (tertiary/aromatic N) is 3. The normalized spacial score (nSPS) is 13.8. The molecule has 4 aromatic rings. The maximum atomic E-state index is 13.2. The summed E-state index contributed by atoms with van der Waals surface area (Å²) < 4.78 is 7.01. The molecule has 5 rings (SSSR count). The van der Waals surface area contributed by atoms with Crippen molar-refractivity contribution in [2.75, 3.05) is 30.8 Å². The van der Waals surface area contributed by atoms with Crippen molar-refractivity contribution in [3.8, 4) is 11.4 Å². The Morgan fingerprint density at radius 2 is 1.63 bits per heavy atom. The number of hydrogen-bond donors (Lipinski definition) is 2. The maximum Gasteiger partial charge on any atom is 0.324 e. The molecule has 0 atom stereocenters. The van der Waals surface area contributed by atoms with Crippen molar-refractivity contribution in [2.45, 2.75) is 71.6 Å². The van der Waals surface area contributed by atoms with Gasteiger partial charge in [-0.3, -0.25) is 10.1 Å². The Kier molecular flexibility index (Phi) is 10.5. The summed E-state index contributed by atoms with van der Waals surface area (Å²) in [4.78, 5) is 28.0. The summed E-state index contributed by atoms with van der Waals surface area (Å²) >= 11 is 0. The third-order valence-electron chi connectivity index (χ3n) is 8.69. The molecule has 3 amide bonds. The van der Waals surface area contributed by atoms with Gasteiger partial charge in [0.1, 0.15) is 11.6 Å². The quantitative estimate of drug-likeness (QED) is 0.188. The van der Waals surface area contributed by atoms with Crippen LogP contribution < -0.4 is 15.4 Å². The molecule has 1 aliphatic heterocycles. The largest absolute Gasteiger partial charge is 0.497 e. The minimum Gasteiger partial charge on any atom is -0.497 e. The lowest BCUT2D eigenvalue weighted by molar-refractivity contribution is -0.132. The Morgan fingerprint density at radius 3 is 2.30 bits per heavy atom. The van der Waals surface area contributed by atoms with Gasteiger partial charge in [-0.15, -0.1) is 0 Å². The lowest BCUT2D eigenvalue weighted by Crippen LogP contribution is -2.38. The average Bonchev–Trinajstić information content (AvgIpc) is 3.46. The van der Waals surface area contributed by atoms with Gasteiger partial charge in [0, 0.05) is 36.7 Å². The van der Waals surface area contributed by atoms with Crippen molar-refractivity contribution in [3.05, 3.63) is 101 Å². The number of likely N-dealkylation sites (tertiary alicyclic amines) is 1. The van der Waals surface area contributed by atoms with Crippen molar-refractivity contribution in [3.63, 3.8) is 0 Å². The van der Waals surface area contributed by atoms with Crippen molar-refractivity contribution in [1.29, 1.82) is 0 Å². The van der Waals surface area contributed by atoms with Crippen LogP contribution in [0.4, 0.5) is 16.3 Å². The van der Waals surface area contributed by atoms with Crippen LogP contribution in [0.1, 0.15) is 68.8 Å². The van der Waals surface area contributed by atoms with Crippen LogP contribution in [0.25, 0.3) is 5.69 Å². The lowest BCUT2D eigenvalue weighted by Gasteiger charge is -2.32. The first kappa shape index (κ1) is 32.8. The van der Waals surface area contributed by atoms with E-state index in [-0.39, 0.29) is 17.4 Å². The molecule has 0 bridgehead atoms. The number of anilines is 2. The number of rotatable bonds is 10. The Morgan fingerprint density at radius 1 is 0.913 bits per heavy atom. The summed E-state index contributed by atoms with van der Waals surface area (Å²) in [6.07, 6.45) is 5.22. The fourth-order valence-corrected chi connectivity index (χ4v) is 5.89. The standard InChI is InChI=1S/C38H47N5O3/c1-27-12-16-32(17-13-27)43-35(26-34(41-43)38(2,3)4)40-37(45)39-31-10-6-9-30(25-31)24-29-20-22-42(23-21-29)36(44)11-7-8-28-14-18-33(46-5)19-15-28/h6,9-10,12-19,25-26,29H,7-8,11,20-24H2,1-5H3,(H2,39,40,45). The average molecular weight is 622 g/mol. The first-order chi connectivity index (χ1) is 22.1. The first-order valence-corrected chi connectivity index (χ1v) is 16.3. The number of piperidine rings is 1. The number of benzene rings is 3. The highest BCUT2D eigenvalue weighted by molar-refractivity contribution is 5.99. The minimum absolute atomic E-state index is 0.168. The zero-order chi connectivity index (χ0) is 32.7. The third kappa shape index (κ3) is 8.77. The van der Waals surface area contributed by atoms with Crippen LogP contribution in [0.5, 0.6) is 5.75 Å². The molecule has 1 aromatic heterocycles. The Balaban J connectivity index is 1.11. The second-order valence-electron chi connectivity index (χ2n) is 13.4. The lowest BCUT2D eigenvalue weighted by atomic mass is 9.90. The van der Waals surface area contributed by atoms with Crippen molar-refractivity contribution >= 4 is 23.4 Å². The zero-order valence-corrected chi connectivity index (χ0v) is 27.8. The molecular weight excluding hydrogens is 574 g/mol. The molecule has 0 unspecified atom stereocenters. The number of aromatic nitrogens is 2. The van der Waals surface area contributed by atoms with Gasteiger partial charge in [0.2, 0.25) is 5.91 Å². The van der Waals surface area contributed by atoms with Crippen LogP contribution in [0.3, 0.4) is 0 Å². The molecule has 0 radical (unpaired) electrons. The number of amides is 3. The third-order valence-corrected chi connectivity index (χ3v) is 8.69. The molecule has 0 aliphatic carbocycles. The van der Waals surface area contributed by atoms with Gasteiger partial charge in [-0.25, -0.2) is 9.48 Å². The van der Waals surface area contributed by atoms with Gasteiger partial charge in [-0.2, -0.15) is 5.10 Å². The molecular formula is C38H47N5O3. The smallest absolute Gasteiger partial charge is 0.324 e. The van der Waals surface area contributed by atoms with Gasteiger partial charge in [0.15, 0.2) is 0 Å². The molecule has 0 saturated carbocycles. The van der Waals surface area contributed by atoms with Gasteiger partial charge in [0.05, 0.1) is 18.5 Å². The highest BCUT2D eigenvalue weighted by atomic mass is 16.5. The number of urea groups is 1. The van der Waals surface area contributed by atoms with Crippen molar-refractivity contribution in [1.82, 2.24) is 14.7 Å². The molecule has 3 aromatic carbocycles. The predicted molar refractivity (Wildman–Crippen MR) is 185 cm³/mol. The highest BCUT2D eigenvalue weighted by Crippen LogP contribution is 2.27. The van der Waals surface area contributed by atoms with Crippen LogP contribution >= 0.6 is 0 Å². The van der Waals surface area contributed by atoms with Crippen LogP contribution in [0, 0.1) is 12.8 Å². The number of aryl methyl sites for hydroxylation is 2. The Bertz CT molecular complexity index is 1610. The van der Waals surface area contributed by atoms with E-state index in [9.17, 15) is 9.59 Å². The highest BCUT2D eigenvalue weighted by Gasteiger charge is 2.24. The molecule has 2 heterocycles. The monoisotopic (exact) mass is 621 g/mol. The fraction of sp³-hybridized carbons (Fsp3) is 0.395. The number of nitrogens with one attached hydrogen (secondary N) is 2. The second kappa shape index (κ2) is 14.7. The number of ether oxygens (including phenoxy) is 1. The summed E-state index contributed by atoms with van der Waals surface area (Å²) in [6, 6.07) is 25.8. The predicted octanol–water partition coefficient (Wildman–Crippen LogP) is 7.93. The number of carbonyl (C=O) groups is 2. The fourth-order valence-electron chi connectivity index (χ4n) is 5.89. The van der Waals surface area contributed by atoms with Crippen LogP contribution in [0.15, 0.2) is 78.9 Å². The van der Waals surface area contributed by atoms with E-state index in [4.69, 9.17) is 9.84 Å². The molecule has 8 nitrogen and oxygen atoms in total. The van der Waals surface area contributed by atoms with E-state index >= 15 is 0 Å². The summed E-state index contributed by atoms with van der Waals surface area (Å²) in [5, 5.41) is 10.8. The Labute approximate surface area is 273 Å². The molecule has 0 spiro atoms. The molecule has 1 aliphatic rings. The van der Waals surface area contributed by atoms with Gasteiger partial charge >= 0.3 is 6.03 Å². The van der Waals surface area contributed by atoms with Crippen LogP contribution in [-0.4, -0.2) is 46.8 Å². The summed E-state index contributed by atoms with van der Waals surface area (Å²) in [5.41, 5.74) is 5.93. The van der Waals surface area contributed by atoms with Crippen molar-refractivity contribution in [2.24, 2.45) is 5.92 Å². The molecule has 8 heteroatoms. The summed E-state index contributed by atoms with van der Waals surface area (Å²) in [6.45, 7) is 9.98. The number of hydrogen-bond acceptors (Lipinski definition) is 4. The number of carbonyl (C=O) groups excluding carboxylic acids is 2. The molecule has 1 fully saturated rings. The van der Waals surface area contributed by atoms with E-state index in [0.29, 0.717) is 18.2 Å². The minimum atomic E-state index is -0.315. The second-order valence-corrected chi connectivity index (χ2v) is 13.4. The van der Waals surface area contributed by atoms with E-state index in [1.54, 1.807) is 11.8 Å². The van der Waals surface area contributed by atoms with E-state index < -0.39 is 0 Å². The van der Waals surface area contributed by atoms with Crippen LogP contribution in [0.2, 0.25) is 0 Å². The molecule has 46 heavy (non-hydrogen) atoms. The van der Waals surface area contributed by atoms with E-state index in [0.717, 1.165) is 73.6 Å². The maximum absolute atomic E-state index is 13.2. The van der Waals surface area contributed by atoms with E-state index in [1.807, 2.05) is 72.5 Å². The summed E-state index contributed by atoms with van der Waals surface area (Å²) in [5.74, 6) is 2.23. The first-order valence-electron chi connectivity index (χ1n) is 16.3. The summed E-state index contributed by atoms with van der Waals surface area (Å²) in [7, 11) is 1.67. The Hall–Kier alpha value is -4.59. The van der Waals surface area contributed by atoms with E-state index in [2.05, 4.69) is 49.6 Å². The van der Waals surface area contributed by atoms with E-state index in [1.165, 1.54) is 11.1 Å². The van der Waals surface area contributed by atoms with Crippen LogP contribution in [-0.2, 0) is 23.1 Å². The zero-order valence-electron chi connectivity index (χ0n) is 27.8. The van der Waals surface area contributed by atoms with Gasteiger partial charge in [-0.1, -0.05) is 62.7 Å². The SMILES string of the molecule is COc1ccc(CCCC(=O)N2CCC(Cc3cccc(NC(=O)Nc4cc(C(C)(C)C)nn4-c4ccc(C)cc4)c3)CC2)cc1. The van der Waals surface area contributed by atoms with Gasteiger partial charge in [0.25, 0.3) is 0 Å². The molecule has 2 N–H and O–H groups in total.